The molecule has 88 valence electrons. The van der Waals surface area contributed by atoms with Gasteiger partial charge in [0.05, 0.1) is 6.04 Å². The normalized spacial score (nSPS) is 24.9. The predicted molar refractivity (Wildman–Crippen MR) is 59.9 cm³/mol. The molecule has 1 aliphatic rings. The molecule has 1 heterocycles. The molecule has 0 fully saturated rings. The van der Waals surface area contributed by atoms with Crippen molar-refractivity contribution in [1.29, 1.82) is 0 Å². The first-order chi connectivity index (χ1) is 6.99. The molecule has 0 aromatic rings. The van der Waals surface area contributed by atoms with E-state index in [4.69, 9.17) is 4.74 Å². The second kappa shape index (κ2) is 4.96. The van der Waals surface area contributed by atoms with Gasteiger partial charge in [0.25, 0.3) is 0 Å². The highest BCUT2D eigenvalue weighted by atomic mass is 16.6. The zero-order valence-corrected chi connectivity index (χ0v) is 10.3. The van der Waals surface area contributed by atoms with E-state index in [9.17, 15) is 5.11 Å². The Bertz CT molecular complexity index is 241. The topological polar surface area (TPSA) is 35.9 Å². The minimum atomic E-state index is -0.781. The summed E-state index contributed by atoms with van der Waals surface area (Å²) in [6.07, 6.45) is 1.20. The molecule has 0 aromatic carbocycles. The number of aliphatic hydroxyl groups is 1. The average Bonchev–Trinajstić information content (AvgIpc) is 2.45. The molecule has 1 aliphatic heterocycles. The molecule has 0 aliphatic carbocycles. The Balaban J connectivity index is 2.76. The predicted octanol–water partition coefficient (Wildman–Crippen LogP) is 1.18. The van der Waals surface area contributed by atoms with Crippen LogP contribution in [0.15, 0.2) is 11.8 Å². The van der Waals surface area contributed by atoms with E-state index in [0.29, 0.717) is 12.6 Å². The molecule has 2 unspecified atom stereocenters. The summed E-state index contributed by atoms with van der Waals surface area (Å²) < 4.78 is 5.21. The first-order valence-electron chi connectivity index (χ1n) is 5.51. The van der Waals surface area contributed by atoms with Gasteiger partial charge in [-0.1, -0.05) is 0 Å². The van der Waals surface area contributed by atoms with Crippen LogP contribution in [0.2, 0.25) is 0 Å². The van der Waals surface area contributed by atoms with E-state index in [1.54, 1.807) is 0 Å². The zero-order valence-electron chi connectivity index (χ0n) is 10.3. The Hall–Kier alpha value is -0.580. The fraction of sp³-hybridized carbons (Fsp3) is 0.818. The van der Waals surface area contributed by atoms with Crippen LogP contribution < -0.4 is 0 Å². The number of nitrogens with zero attached hydrogens (tertiary/aromatic N) is 2. The summed E-state index contributed by atoms with van der Waals surface area (Å²) in [7, 11) is 2.02. The van der Waals surface area contributed by atoms with Crippen LogP contribution in [0.25, 0.3) is 0 Å². The van der Waals surface area contributed by atoms with Crippen molar-refractivity contribution in [2.75, 3.05) is 13.7 Å². The van der Waals surface area contributed by atoms with Crippen molar-refractivity contribution in [2.24, 2.45) is 0 Å². The van der Waals surface area contributed by atoms with Crippen molar-refractivity contribution in [3.63, 3.8) is 0 Å². The number of rotatable bonds is 4. The molecular formula is C11H22N2O2. The van der Waals surface area contributed by atoms with Crippen molar-refractivity contribution in [3.8, 4) is 0 Å². The van der Waals surface area contributed by atoms with Crippen LogP contribution in [0.3, 0.4) is 0 Å². The third-order valence-electron chi connectivity index (χ3n) is 2.83. The SMILES string of the molecule is CCOC(O)C1=CN(C(C)C)N(C)C1C. The number of hydrazine groups is 1. The van der Waals surface area contributed by atoms with Crippen LogP contribution in [0.1, 0.15) is 27.7 Å². The average molecular weight is 214 g/mol. The fourth-order valence-corrected chi connectivity index (χ4v) is 1.80. The van der Waals surface area contributed by atoms with Crippen LogP contribution >= 0.6 is 0 Å². The van der Waals surface area contributed by atoms with Gasteiger partial charge in [-0.25, -0.2) is 5.01 Å². The Kier molecular flexibility index (Phi) is 4.13. The molecule has 1 N–H and O–H groups in total. The summed E-state index contributed by atoms with van der Waals surface area (Å²) >= 11 is 0. The largest absolute Gasteiger partial charge is 0.364 e. The summed E-state index contributed by atoms with van der Waals surface area (Å²) in [6, 6.07) is 0.581. The Morgan fingerprint density at radius 3 is 2.53 bits per heavy atom. The van der Waals surface area contributed by atoms with Gasteiger partial charge in [-0.05, 0) is 27.7 Å². The number of aliphatic hydroxyl groups excluding tert-OH is 1. The maximum absolute atomic E-state index is 9.79. The maximum atomic E-state index is 9.79. The summed E-state index contributed by atoms with van der Waals surface area (Å²) in [5, 5.41) is 14.0. The first-order valence-corrected chi connectivity index (χ1v) is 5.51. The highest BCUT2D eigenvalue weighted by Gasteiger charge is 2.31. The molecular weight excluding hydrogens is 192 g/mol. The van der Waals surface area contributed by atoms with Gasteiger partial charge in [0.15, 0.2) is 6.29 Å². The molecule has 0 amide bonds. The molecule has 0 saturated heterocycles. The quantitative estimate of drug-likeness (QED) is 0.713. The number of likely N-dealkylation sites (N-methyl/N-ethyl adjacent to an activating group) is 1. The lowest BCUT2D eigenvalue weighted by Crippen LogP contribution is -2.41. The van der Waals surface area contributed by atoms with E-state index in [-0.39, 0.29) is 6.04 Å². The fourth-order valence-electron chi connectivity index (χ4n) is 1.80. The standard InChI is InChI=1S/C11H22N2O2/c1-6-15-11(14)10-7-13(8(2)3)12(5)9(10)4/h7-9,11,14H,6H2,1-5H3. The van der Waals surface area contributed by atoms with Crippen molar-refractivity contribution in [3.05, 3.63) is 11.8 Å². The van der Waals surface area contributed by atoms with Gasteiger partial charge < -0.3 is 14.9 Å². The van der Waals surface area contributed by atoms with Gasteiger partial charge in [0.2, 0.25) is 0 Å². The van der Waals surface area contributed by atoms with Crippen LogP contribution in [0.5, 0.6) is 0 Å². The lowest BCUT2D eigenvalue weighted by molar-refractivity contribution is -0.0736. The molecule has 15 heavy (non-hydrogen) atoms. The highest BCUT2D eigenvalue weighted by Crippen LogP contribution is 2.25. The smallest absolute Gasteiger partial charge is 0.180 e. The van der Waals surface area contributed by atoms with Gasteiger partial charge in [0, 0.05) is 31.5 Å². The molecule has 0 bridgehead atoms. The molecule has 2 atom stereocenters. The summed E-state index contributed by atoms with van der Waals surface area (Å²) in [5.74, 6) is 0. The van der Waals surface area contributed by atoms with Crippen molar-refractivity contribution in [1.82, 2.24) is 10.0 Å². The van der Waals surface area contributed by atoms with Gasteiger partial charge in [-0.3, -0.25) is 0 Å². The zero-order chi connectivity index (χ0) is 11.6. The van der Waals surface area contributed by atoms with Crippen LogP contribution in [0.4, 0.5) is 0 Å². The molecule has 0 spiro atoms. The lowest BCUT2D eigenvalue weighted by Gasteiger charge is -2.32. The van der Waals surface area contributed by atoms with E-state index in [1.165, 1.54) is 0 Å². The van der Waals surface area contributed by atoms with Crippen LogP contribution in [-0.2, 0) is 4.74 Å². The molecule has 0 radical (unpaired) electrons. The molecule has 0 saturated carbocycles. The van der Waals surface area contributed by atoms with E-state index in [0.717, 1.165) is 5.57 Å². The minimum absolute atomic E-state index is 0.189. The Morgan fingerprint density at radius 1 is 1.53 bits per heavy atom. The maximum Gasteiger partial charge on any atom is 0.180 e. The molecule has 4 nitrogen and oxygen atoms in total. The van der Waals surface area contributed by atoms with E-state index >= 15 is 0 Å². The van der Waals surface area contributed by atoms with E-state index in [1.807, 2.05) is 20.2 Å². The number of hydrogen-bond donors (Lipinski definition) is 1. The van der Waals surface area contributed by atoms with Gasteiger partial charge >= 0.3 is 0 Å². The van der Waals surface area contributed by atoms with Crippen LogP contribution in [0, 0.1) is 0 Å². The monoisotopic (exact) mass is 214 g/mol. The summed E-state index contributed by atoms with van der Waals surface area (Å²) in [4.78, 5) is 0. The van der Waals surface area contributed by atoms with Gasteiger partial charge in [0.1, 0.15) is 0 Å². The molecule has 4 heteroatoms. The van der Waals surface area contributed by atoms with Crippen molar-refractivity contribution in [2.45, 2.75) is 46.1 Å². The molecule has 0 aromatic heterocycles. The van der Waals surface area contributed by atoms with E-state index in [2.05, 4.69) is 30.8 Å². The number of ether oxygens (including phenoxy) is 1. The minimum Gasteiger partial charge on any atom is -0.364 e. The third kappa shape index (κ3) is 2.51. The summed E-state index contributed by atoms with van der Waals surface area (Å²) in [5.41, 5.74) is 0.924. The first kappa shape index (κ1) is 12.5. The highest BCUT2D eigenvalue weighted by molar-refractivity contribution is 5.16. The Labute approximate surface area is 92.1 Å². The van der Waals surface area contributed by atoms with Gasteiger partial charge in [-0.2, -0.15) is 0 Å². The van der Waals surface area contributed by atoms with E-state index < -0.39 is 6.29 Å². The number of hydrogen-bond acceptors (Lipinski definition) is 4. The second-order valence-electron chi connectivity index (χ2n) is 4.16. The van der Waals surface area contributed by atoms with Gasteiger partial charge in [-0.15, -0.1) is 0 Å². The summed E-state index contributed by atoms with van der Waals surface area (Å²) in [6.45, 7) is 8.71. The third-order valence-corrected chi connectivity index (χ3v) is 2.83. The van der Waals surface area contributed by atoms with Crippen molar-refractivity contribution >= 4 is 0 Å². The van der Waals surface area contributed by atoms with Crippen LogP contribution in [-0.4, -0.2) is 47.2 Å². The molecule has 1 rings (SSSR count). The second-order valence-corrected chi connectivity index (χ2v) is 4.16. The Morgan fingerprint density at radius 2 is 2.13 bits per heavy atom. The van der Waals surface area contributed by atoms with Crippen molar-refractivity contribution < 1.29 is 9.84 Å². The lowest BCUT2D eigenvalue weighted by atomic mass is 10.1.